The highest BCUT2D eigenvalue weighted by molar-refractivity contribution is 9.10. The van der Waals surface area contributed by atoms with Crippen molar-refractivity contribution in [1.29, 1.82) is 0 Å². The normalized spacial score (nSPS) is 10.7. The van der Waals surface area contributed by atoms with Gasteiger partial charge in [-0.1, -0.05) is 42.5 Å². The molecule has 15 rings (SSSR count). The SMILES string of the molecule is CC(=O)Nc1cc(Nc2nc(-c3cccc(C)n3)nc3nc[nH]c23)ccn1.COc1ccc(Cn2cnc3c(Nc4ccnc(NC(C)=O)c4)nc(-c4cccc(C)n4)nc32)cc1.COc1ccc(Cn2cnc3c(Oc4ccnc(Br)c4)nc(-c4cccc(C)n4)nc32)cc1.Nc1ccnc(Br)c1. The Bertz CT molecular complexity index is 5530. The van der Waals surface area contributed by atoms with E-state index in [1.54, 1.807) is 107 Å². The topological polar surface area (TPSA) is 368 Å². The van der Waals surface area contributed by atoms with Crippen LogP contribution in [0.2, 0.25) is 0 Å². The Morgan fingerprint density at radius 2 is 0.952 bits per heavy atom. The third-order valence-electron chi connectivity index (χ3n) is 14.9. The molecule has 0 spiro atoms. The van der Waals surface area contributed by atoms with E-state index in [1.807, 2.05) is 133 Å². The number of benzene rings is 2. The summed E-state index contributed by atoms with van der Waals surface area (Å²) < 4.78 is 22.0. The maximum Gasteiger partial charge on any atom is 0.251 e. The van der Waals surface area contributed by atoms with Crippen LogP contribution in [0, 0.1) is 20.8 Å². The van der Waals surface area contributed by atoms with Gasteiger partial charge < -0.3 is 55.3 Å². The van der Waals surface area contributed by atoms with Gasteiger partial charge in [0.05, 0.1) is 46.3 Å². The summed E-state index contributed by atoms with van der Waals surface area (Å²) >= 11 is 6.54. The number of rotatable bonds is 17. The van der Waals surface area contributed by atoms with Crippen molar-refractivity contribution in [2.45, 2.75) is 47.7 Å². The number of nitrogen functional groups attached to an aromatic ring is 1. The van der Waals surface area contributed by atoms with Gasteiger partial charge in [-0.3, -0.25) is 9.59 Å². The Kier molecular flexibility index (Phi) is 22.4. The Hall–Kier alpha value is -13.2. The molecule has 0 aliphatic carbocycles. The summed E-state index contributed by atoms with van der Waals surface area (Å²) in [4.78, 5) is 97.3. The van der Waals surface area contributed by atoms with Crippen molar-refractivity contribution >= 4 is 117 Å². The zero-order valence-electron chi connectivity index (χ0n) is 56.8. The number of ether oxygens (including phenoxy) is 3. The first-order chi connectivity index (χ1) is 50.4. The van der Waals surface area contributed by atoms with E-state index in [-0.39, 0.29) is 11.8 Å². The standard InChI is InChI=1S/C26H24N8O2.C24H19BrN6O2.C18H16N8O.C5H5BrN2/c1-16-5-4-6-21(29-16)24-32-25(31-19-11-12-27-22(13-19)30-17(2)35)23-26(33-24)34(15-28-23)14-18-7-9-20(36-3)10-8-18;1-15-4-3-5-19(28-15)22-29-23-21(24(30-22)33-18-10-11-26-20(25)12-18)27-14-31(23)13-16-6-8-17(32-2)9-7-16;1-10-4-3-5-13(22-10)16-25-17-15(20-9-21-17)18(26-16)24-12-6-7-19-14(8-12)23-11(2)27;6-5-3-4(7)1-2-8-5/h4-13,15H,14H2,1-3H3,(H2,27,30,31,32,33,35);3-12,14H,13H2,1-2H3;3-9H,1-2H3,(H3,19,20,21,23,24,25,26,27);1-3H,(H2,7,8). The maximum absolute atomic E-state index is 11.5. The lowest BCUT2D eigenvalue weighted by atomic mass is 10.2. The van der Waals surface area contributed by atoms with Gasteiger partial charge in [0.2, 0.25) is 11.8 Å². The Morgan fingerprint density at radius 3 is 1.44 bits per heavy atom. The summed E-state index contributed by atoms with van der Waals surface area (Å²) in [5.41, 5.74) is 18.0. The number of carbonyl (C=O) groups excluding carboxylic acids is 2. The van der Waals surface area contributed by atoms with Crippen LogP contribution in [0.4, 0.5) is 40.3 Å². The molecule has 13 heterocycles. The highest BCUT2D eigenvalue weighted by Gasteiger charge is 2.21. The maximum atomic E-state index is 11.5. The van der Waals surface area contributed by atoms with Gasteiger partial charge >= 0.3 is 0 Å². The molecular formula is C73H64Br2N24O5. The number of aromatic nitrogens is 19. The van der Waals surface area contributed by atoms with Crippen molar-refractivity contribution < 1.29 is 23.8 Å². The molecule has 7 N–H and O–H groups in total. The second-order valence-corrected chi connectivity index (χ2v) is 24.4. The van der Waals surface area contributed by atoms with E-state index in [2.05, 4.69) is 123 Å². The predicted octanol–water partition coefficient (Wildman–Crippen LogP) is 13.8. The van der Waals surface area contributed by atoms with E-state index in [4.69, 9.17) is 34.9 Å². The Morgan fingerprint density at radius 1 is 0.481 bits per heavy atom. The third kappa shape index (κ3) is 18.4. The van der Waals surface area contributed by atoms with Crippen molar-refractivity contribution in [1.82, 2.24) is 93.9 Å². The number of anilines is 7. The molecule has 0 bridgehead atoms. The third-order valence-corrected chi connectivity index (χ3v) is 15.7. The van der Waals surface area contributed by atoms with Gasteiger partial charge in [0.15, 0.2) is 57.1 Å². The van der Waals surface area contributed by atoms with Gasteiger partial charge in [-0.2, -0.15) is 4.98 Å². The van der Waals surface area contributed by atoms with Crippen molar-refractivity contribution in [3.63, 3.8) is 0 Å². The Balaban J connectivity index is 0.000000140. The molecule has 0 fully saturated rings. The molecule has 13 aromatic heterocycles. The van der Waals surface area contributed by atoms with Crippen LogP contribution in [-0.4, -0.2) is 120 Å². The van der Waals surface area contributed by atoms with E-state index in [0.29, 0.717) is 132 Å². The smallest absolute Gasteiger partial charge is 0.251 e. The monoisotopic (exact) mass is 1510 g/mol. The number of nitrogens with zero attached hydrogens (tertiary/aromatic N) is 18. The number of hydrogen-bond acceptors (Lipinski definition) is 24. The van der Waals surface area contributed by atoms with E-state index in [1.165, 1.54) is 13.8 Å². The number of fused-ring (bicyclic) bond motifs is 3. The van der Waals surface area contributed by atoms with E-state index in [9.17, 15) is 9.59 Å². The fourth-order valence-electron chi connectivity index (χ4n) is 10.1. The average Bonchev–Trinajstić information content (AvgIpc) is 1.59. The average molecular weight is 1520 g/mol. The number of carbonyl (C=O) groups is 2. The number of aromatic amines is 1. The number of methoxy groups -OCH3 is 2. The summed E-state index contributed by atoms with van der Waals surface area (Å²) in [6.07, 6.45) is 11.6. The van der Waals surface area contributed by atoms with E-state index < -0.39 is 0 Å². The number of H-pyrrole nitrogens is 1. The van der Waals surface area contributed by atoms with Crippen LogP contribution in [0.15, 0.2) is 205 Å². The molecule has 2 aromatic carbocycles. The zero-order valence-corrected chi connectivity index (χ0v) is 60.0. The van der Waals surface area contributed by atoms with Gasteiger partial charge in [-0.05, 0) is 155 Å². The quantitative estimate of drug-likeness (QED) is 0.0461. The molecule has 29 nitrogen and oxygen atoms in total. The molecule has 2 amide bonds. The molecule has 520 valence electrons. The number of aryl methyl sites for hydroxylation is 3. The lowest BCUT2D eigenvalue weighted by Crippen LogP contribution is -2.08. The zero-order chi connectivity index (χ0) is 72.6. The van der Waals surface area contributed by atoms with Crippen LogP contribution in [0.3, 0.4) is 0 Å². The van der Waals surface area contributed by atoms with Crippen LogP contribution in [0.5, 0.6) is 23.1 Å². The summed E-state index contributed by atoms with van der Waals surface area (Å²) in [5.74, 6) is 5.52. The Labute approximate surface area is 611 Å². The number of nitrogens with two attached hydrogens (primary N) is 1. The lowest BCUT2D eigenvalue weighted by Gasteiger charge is -2.11. The number of pyridine rings is 7. The molecule has 0 unspecified atom stereocenters. The molecular weight excluding hydrogens is 1450 g/mol. The predicted molar refractivity (Wildman–Crippen MR) is 402 cm³/mol. The first-order valence-corrected chi connectivity index (χ1v) is 33.5. The van der Waals surface area contributed by atoms with Gasteiger partial charge in [0.25, 0.3) is 5.88 Å². The summed E-state index contributed by atoms with van der Waals surface area (Å²) in [5, 5.41) is 11.9. The van der Waals surface area contributed by atoms with Crippen LogP contribution >= 0.6 is 31.9 Å². The first kappa shape index (κ1) is 70.7. The van der Waals surface area contributed by atoms with Crippen molar-refractivity contribution in [3.8, 4) is 57.7 Å². The minimum absolute atomic E-state index is 0.189. The number of amides is 2. The second kappa shape index (κ2) is 32.9. The number of imidazole rings is 3. The highest BCUT2D eigenvalue weighted by atomic mass is 79.9. The summed E-state index contributed by atoms with van der Waals surface area (Å²) in [6.45, 7) is 9.79. The molecule has 0 atom stereocenters. The van der Waals surface area contributed by atoms with Crippen molar-refractivity contribution in [2.24, 2.45) is 0 Å². The summed E-state index contributed by atoms with van der Waals surface area (Å²) in [6, 6.07) is 46.9. The highest BCUT2D eigenvalue weighted by Crippen LogP contribution is 2.33. The fourth-order valence-corrected chi connectivity index (χ4v) is 10.9. The summed E-state index contributed by atoms with van der Waals surface area (Å²) in [7, 11) is 3.30. The van der Waals surface area contributed by atoms with Crippen LogP contribution < -0.4 is 41.2 Å². The molecule has 0 saturated heterocycles. The van der Waals surface area contributed by atoms with Gasteiger partial charge in [-0.15, -0.1) is 0 Å². The molecule has 15 aromatic rings. The minimum atomic E-state index is -0.200. The molecule has 0 aliphatic rings. The lowest BCUT2D eigenvalue weighted by molar-refractivity contribution is -0.115. The minimum Gasteiger partial charge on any atom is -0.497 e. The van der Waals surface area contributed by atoms with Gasteiger partial charge in [0.1, 0.15) is 60.7 Å². The van der Waals surface area contributed by atoms with Crippen LogP contribution in [0.1, 0.15) is 42.1 Å². The van der Waals surface area contributed by atoms with E-state index in [0.717, 1.165) is 50.0 Å². The van der Waals surface area contributed by atoms with Crippen LogP contribution in [0.25, 0.3) is 68.0 Å². The van der Waals surface area contributed by atoms with Crippen LogP contribution in [-0.2, 0) is 22.7 Å². The number of hydrogen-bond donors (Lipinski definition) is 6. The molecule has 31 heteroatoms. The molecule has 104 heavy (non-hydrogen) atoms. The van der Waals surface area contributed by atoms with Crippen molar-refractivity contribution in [2.75, 3.05) is 41.2 Å². The second-order valence-electron chi connectivity index (χ2n) is 22.8. The molecule has 0 saturated carbocycles. The largest absolute Gasteiger partial charge is 0.497 e. The number of halogens is 2. The fraction of sp³-hybridized carbons (Fsp3) is 0.123. The molecule has 0 radical (unpaired) electrons. The first-order valence-electron chi connectivity index (χ1n) is 31.9. The number of nitrogens with one attached hydrogen (secondary N) is 5. The van der Waals surface area contributed by atoms with E-state index >= 15 is 0 Å². The van der Waals surface area contributed by atoms with Gasteiger partial charge in [-0.25, -0.2) is 74.8 Å². The van der Waals surface area contributed by atoms with Crippen molar-refractivity contribution in [3.05, 3.63) is 233 Å². The molecule has 0 aliphatic heterocycles. The van der Waals surface area contributed by atoms with Gasteiger partial charge in [0, 0.05) is 91.0 Å².